The molecular weight excluding hydrogens is 424 g/mol. The molecule has 7 nitrogen and oxygen atoms in total. The van der Waals surface area contributed by atoms with Crippen LogP contribution in [-0.4, -0.2) is 54.4 Å². The maximum Gasteiger partial charge on any atom is 0.238 e. The Morgan fingerprint density at radius 3 is 2.59 bits per heavy atom. The van der Waals surface area contributed by atoms with Gasteiger partial charge in [0.05, 0.1) is 25.8 Å². The van der Waals surface area contributed by atoms with Gasteiger partial charge in [-0.25, -0.2) is 0 Å². The van der Waals surface area contributed by atoms with Gasteiger partial charge in [0, 0.05) is 11.6 Å². The minimum Gasteiger partial charge on any atom is -0.496 e. The van der Waals surface area contributed by atoms with Crippen molar-refractivity contribution in [3.05, 3.63) is 53.5 Å². The zero-order valence-corrected chi connectivity index (χ0v) is 19.2. The lowest BCUT2D eigenvalue weighted by molar-refractivity contribution is -0.117. The van der Waals surface area contributed by atoms with Crippen molar-refractivity contribution in [2.24, 2.45) is 0 Å². The number of rotatable bonds is 8. The average molecular weight is 453 g/mol. The number of aromatic nitrogens is 2. The van der Waals surface area contributed by atoms with Gasteiger partial charge in [0.1, 0.15) is 16.5 Å². The minimum atomic E-state index is 0.00184. The van der Waals surface area contributed by atoms with Crippen LogP contribution in [0.4, 0.5) is 5.69 Å². The first-order chi connectivity index (χ1) is 15.7. The molecule has 1 aliphatic heterocycles. The van der Waals surface area contributed by atoms with Crippen molar-refractivity contribution in [3.8, 4) is 22.1 Å². The van der Waals surface area contributed by atoms with E-state index in [-0.39, 0.29) is 5.91 Å². The fraction of sp³-hybridized carbons (Fsp3) is 0.375. The maximum atomic E-state index is 12.4. The highest BCUT2D eigenvalue weighted by Crippen LogP contribution is 2.36. The number of nitrogens with zero attached hydrogens (tertiary/aromatic N) is 3. The molecule has 1 amide bonds. The fourth-order valence-corrected chi connectivity index (χ4v) is 4.91. The van der Waals surface area contributed by atoms with Gasteiger partial charge in [0.15, 0.2) is 5.01 Å². The van der Waals surface area contributed by atoms with Crippen LogP contribution >= 0.6 is 11.3 Å². The molecule has 1 aliphatic rings. The van der Waals surface area contributed by atoms with E-state index in [1.54, 1.807) is 18.4 Å². The molecule has 168 valence electrons. The molecule has 32 heavy (non-hydrogen) atoms. The second-order valence-corrected chi connectivity index (χ2v) is 8.71. The van der Waals surface area contributed by atoms with Gasteiger partial charge in [0.2, 0.25) is 5.91 Å². The predicted octanol–water partition coefficient (Wildman–Crippen LogP) is 4.43. The topological polar surface area (TPSA) is 76.6 Å². The van der Waals surface area contributed by atoms with E-state index in [2.05, 4.69) is 20.4 Å². The normalized spacial score (nSPS) is 14.8. The molecule has 0 saturated carbocycles. The molecule has 0 atom stereocenters. The number of ether oxygens (including phenoxy) is 2. The van der Waals surface area contributed by atoms with Crippen molar-refractivity contribution in [3.63, 3.8) is 0 Å². The van der Waals surface area contributed by atoms with Crippen LogP contribution in [0.1, 0.15) is 30.7 Å². The van der Waals surface area contributed by atoms with E-state index >= 15 is 0 Å². The number of hydrogen-bond acceptors (Lipinski definition) is 7. The summed E-state index contributed by atoms with van der Waals surface area (Å²) < 4.78 is 10.9. The molecule has 0 aliphatic carbocycles. The molecule has 1 saturated heterocycles. The number of methoxy groups -OCH3 is 1. The van der Waals surface area contributed by atoms with E-state index in [0.717, 1.165) is 58.7 Å². The molecule has 0 radical (unpaired) electrons. The third kappa shape index (κ3) is 5.44. The first kappa shape index (κ1) is 22.2. The molecule has 0 unspecified atom stereocenters. The van der Waals surface area contributed by atoms with Crippen molar-refractivity contribution in [2.45, 2.75) is 25.7 Å². The zero-order valence-electron chi connectivity index (χ0n) is 18.4. The van der Waals surface area contributed by atoms with E-state index in [9.17, 15) is 4.79 Å². The highest BCUT2D eigenvalue weighted by Gasteiger charge is 2.25. The average Bonchev–Trinajstić information content (AvgIpc) is 3.31. The van der Waals surface area contributed by atoms with Gasteiger partial charge in [0.25, 0.3) is 0 Å². The Balaban J connectivity index is 1.28. The summed E-state index contributed by atoms with van der Waals surface area (Å²) in [6, 6.07) is 15.3. The summed E-state index contributed by atoms with van der Waals surface area (Å²) in [6.45, 7) is 4.70. The van der Waals surface area contributed by atoms with Crippen LogP contribution < -0.4 is 14.8 Å². The molecule has 0 bridgehead atoms. The molecule has 8 heteroatoms. The predicted molar refractivity (Wildman–Crippen MR) is 127 cm³/mol. The number of likely N-dealkylation sites (tertiary alicyclic amines) is 1. The third-order valence-electron chi connectivity index (χ3n) is 5.53. The highest BCUT2D eigenvalue weighted by atomic mass is 32.1. The lowest BCUT2D eigenvalue weighted by Crippen LogP contribution is -2.38. The Labute approximate surface area is 192 Å². The second kappa shape index (κ2) is 10.6. The number of carbonyl (C=O) groups is 1. The number of anilines is 1. The summed E-state index contributed by atoms with van der Waals surface area (Å²) >= 11 is 1.63. The number of benzene rings is 2. The summed E-state index contributed by atoms with van der Waals surface area (Å²) in [5.74, 6) is 1.99. The number of nitrogens with one attached hydrogen (secondary N) is 1. The van der Waals surface area contributed by atoms with Crippen LogP contribution in [-0.2, 0) is 4.79 Å². The minimum absolute atomic E-state index is 0.00184. The standard InChI is InChI=1S/C24H28N4O3S/c1-3-31-19-10-8-18(9-11-19)25-22(29)16-28-14-12-17(13-15-28)23-26-27-24(32-23)20-6-4-5-7-21(20)30-2/h4-11,17H,3,12-16H2,1-2H3,(H,25,29). The zero-order chi connectivity index (χ0) is 22.3. The van der Waals surface area contributed by atoms with E-state index in [0.29, 0.717) is 19.1 Å². The molecule has 4 rings (SSSR count). The van der Waals surface area contributed by atoms with Gasteiger partial charge < -0.3 is 14.8 Å². The number of amides is 1. The summed E-state index contributed by atoms with van der Waals surface area (Å²) in [5.41, 5.74) is 1.76. The van der Waals surface area contributed by atoms with Crippen molar-refractivity contribution in [1.82, 2.24) is 15.1 Å². The van der Waals surface area contributed by atoms with Gasteiger partial charge in [-0.3, -0.25) is 9.69 Å². The number of para-hydroxylation sites is 1. The molecule has 1 aromatic heterocycles. The van der Waals surface area contributed by atoms with Crippen molar-refractivity contribution < 1.29 is 14.3 Å². The summed E-state index contributed by atoms with van der Waals surface area (Å²) in [4.78, 5) is 14.6. The van der Waals surface area contributed by atoms with Crippen LogP contribution in [0.15, 0.2) is 48.5 Å². The molecule has 3 aromatic rings. The Hall–Kier alpha value is -2.97. The quantitative estimate of drug-likeness (QED) is 0.545. The van der Waals surface area contributed by atoms with E-state index in [1.165, 1.54) is 0 Å². The Morgan fingerprint density at radius 1 is 1.12 bits per heavy atom. The summed E-state index contributed by atoms with van der Waals surface area (Å²) in [6.07, 6.45) is 1.94. The molecule has 2 heterocycles. The molecule has 1 N–H and O–H groups in total. The smallest absolute Gasteiger partial charge is 0.238 e. The van der Waals surface area contributed by atoms with Crippen LogP contribution in [0.5, 0.6) is 11.5 Å². The highest BCUT2D eigenvalue weighted by molar-refractivity contribution is 7.14. The van der Waals surface area contributed by atoms with Crippen LogP contribution in [0.25, 0.3) is 10.6 Å². The van der Waals surface area contributed by atoms with Crippen LogP contribution in [0.2, 0.25) is 0 Å². The first-order valence-corrected chi connectivity index (χ1v) is 11.7. The van der Waals surface area contributed by atoms with Crippen LogP contribution in [0.3, 0.4) is 0 Å². The monoisotopic (exact) mass is 452 g/mol. The lowest BCUT2D eigenvalue weighted by atomic mass is 9.98. The second-order valence-electron chi connectivity index (χ2n) is 7.70. The van der Waals surface area contributed by atoms with Gasteiger partial charge >= 0.3 is 0 Å². The van der Waals surface area contributed by atoms with Gasteiger partial charge in [-0.15, -0.1) is 10.2 Å². The van der Waals surface area contributed by atoms with Gasteiger partial charge in [-0.1, -0.05) is 23.5 Å². The van der Waals surface area contributed by atoms with Crippen molar-refractivity contribution in [2.75, 3.05) is 38.7 Å². The van der Waals surface area contributed by atoms with Gasteiger partial charge in [-0.05, 0) is 69.3 Å². The number of hydrogen-bond donors (Lipinski definition) is 1. The maximum absolute atomic E-state index is 12.4. The Bertz CT molecular complexity index is 1030. The molecule has 1 fully saturated rings. The Morgan fingerprint density at radius 2 is 1.88 bits per heavy atom. The van der Waals surface area contributed by atoms with Gasteiger partial charge in [-0.2, -0.15) is 0 Å². The fourth-order valence-electron chi connectivity index (χ4n) is 3.87. The summed E-state index contributed by atoms with van der Waals surface area (Å²) in [5, 5.41) is 13.8. The van der Waals surface area contributed by atoms with Crippen LogP contribution in [0, 0.1) is 0 Å². The summed E-state index contributed by atoms with van der Waals surface area (Å²) in [7, 11) is 1.67. The Kier molecular flexibility index (Phi) is 7.34. The van der Waals surface area contributed by atoms with E-state index in [1.807, 2.05) is 55.5 Å². The molecular formula is C24H28N4O3S. The third-order valence-corrected chi connectivity index (χ3v) is 6.65. The lowest BCUT2D eigenvalue weighted by Gasteiger charge is -2.30. The first-order valence-electron chi connectivity index (χ1n) is 10.9. The van der Waals surface area contributed by atoms with Crippen molar-refractivity contribution in [1.29, 1.82) is 0 Å². The van der Waals surface area contributed by atoms with E-state index in [4.69, 9.17) is 9.47 Å². The number of piperidine rings is 1. The SMILES string of the molecule is CCOc1ccc(NC(=O)CN2CCC(c3nnc(-c4ccccc4OC)s3)CC2)cc1. The molecule has 0 spiro atoms. The largest absolute Gasteiger partial charge is 0.496 e. The molecule has 2 aromatic carbocycles. The number of carbonyl (C=O) groups excluding carboxylic acids is 1. The van der Waals surface area contributed by atoms with E-state index < -0.39 is 0 Å². The van der Waals surface area contributed by atoms with Crippen molar-refractivity contribution >= 4 is 22.9 Å².